The average Bonchev–Trinajstić information content (AvgIpc) is 3.26. The molecule has 0 saturated heterocycles. The van der Waals surface area contributed by atoms with Crippen molar-refractivity contribution < 1.29 is 14.2 Å². The van der Waals surface area contributed by atoms with Gasteiger partial charge in [-0.25, -0.2) is 0 Å². The molecule has 9 heteroatoms. The van der Waals surface area contributed by atoms with Crippen molar-refractivity contribution >= 4 is 22.9 Å². The first kappa shape index (κ1) is 15.8. The maximum Gasteiger partial charge on any atom is 0.269 e. The zero-order valence-electron chi connectivity index (χ0n) is 12.5. The minimum Gasteiger partial charge on any atom is -0.340 e. The van der Waals surface area contributed by atoms with E-state index in [-0.39, 0.29) is 17.5 Å². The van der Waals surface area contributed by atoms with E-state index in [1.807, 2.05) is 5.38 Å². The number of nitrogens with zero attached hydrogens (tertiary/aromatic N) is 3. The van der Waals surface area contributed by atoms with Crippen molar-refractivity contribution in [3.8, 4) is 11.4 Å². The van der Waals surface area contributed by atoms with Gasteiger partial charge < -0.3 is 9.84 Å². The molecule has 0 saturated carbocycles. The second kappa shape index (κ2) is 6.59. The molecule has 1 amide bonds. The molecule has 0 radical (unpaired) electrons. The van der Waals surface area contributed by atoms with Crippen LogP contribution in [-0.4, -0.2) is 21.0 Å². The zero-order valence-corrected chi connectivity index (χ0v) is 13.3. The second-order valence-electron chi connectivity index (χ2n) is 4.93. The molecular formula is C15H12N4O4S. The SMILES string of the molecule is CC(NC(=O)c1cccs1)c1nc(-c2ccc([N+](=O)[O-])cc2)no1. The number of nitro benzene ring substituents is 1. The van der Waals surface area contributed by atoms with Crippen molar-refractivity contribution in [3.05, 3.63) is 62.7 Å². The highest BCUT2D eigenvalue weighted by Gasteiger charge is 2.19. The van der Waals surface area contributed by atoms with Crippen molar-refractivity contribution in [2.45, 2.75) is 13.0 Å². The summed E-state index contributed by atoms with van der Waals surface area (Å²) in [6.07, 6.45) is 0. The molecular weight excluding hydrogens is 332 g/mol. The Morgan fingerprint density at radius 3 is 2.71 bits per heavy atom. The summed E-state index contributed by atoms with van der Waals surface area (Å²) in [6.45, 7) is 1.73. The number of hydrogen-bond acceptors (Lipinski definition) is 7. The Labute approximate surface area is 140 Å². The Balaban J connectivity index is 1.72. The fourth-order valence-electron chi connectivity index (χ4n) is 2.00. The van der Waals surface area contributed by atoms with Gasteiger partial charge in [0.2, 0.25) is 11.7 Å². The second-order valence-corrected chi connectivity index (χ2v) is 5.88. The first-order valence-electron chi connectivity index (χ1n) is 6.97. The van der Waals surface area contributed by atoms with Gasteiger partial charge >= 0.3 is 0 Å². The number of hydrogen-bond donors (Lipinski definition) is 1. The van der Waals surface area contributed by atoms with E-state index in [0.29, 0.717) is 16.3 Å². The molecule has 0 aliphatic carbocycles. The van der Waals surface area contributed by atoms with Crippen LogP contribution in [0.1, 0.15) is 28.5 Å². The number of nitro groups is 1. The van der Waals surface area contributed by atoms with Crippen LogP contribution in [0.15, 0.2) is 46.3 Å². The lowest BCUT2D eigenvalue weighted by atomic mass is 10.2. The quantitative estimate of drug-likeness (QED) is 0.562. The van der Waals surface area contributed by atoms with Gasteiger partial charge in [0.15, 0.2) is 0 Å². The number of nitrogens with one attached hydrogen (secondary N) is 1. The molecule has 1 unspecified atom stereocenters. The van der Waals surface area contributed by atoms with Crippen LogP contribution in [0.4, 0.5) is 5.69 Å². The third-order valence-corrected chi connectivity index (χ3v) is 4.11. The maximum atomic E-state index is 12.0. The van der Waals surface area contributed by atoms with Gasteiger partial charge in [0.1, 0.15) is 6.04 Å². The number of thiophene rings is 1. The molecule has 1 aromatic carbocycles. The van der Waals surface area contributed by atoms with E-state index in [4.69, 9.17) is 4.52 Å². The van der Waals surface area contributed by atoms with E-state index >= 15 is 0 Å². The van der Waals surface area contributed by atoms with Crippen molar-refractivity contribution in [3.63, 3.8) is 0 Å². The smallest absolute Gasteiger partial charge is 0.269 e. The summed E-state index contributed by atoms with van der Waals surface area (Å²) in [5, 5.41) is 19.1. The van der Waals surface area contributed by atoms with Crippen molar-refractivity contribution in [2.75, 3.05) is 0 Å². The Morgan fingerprint density at radius 1 is 1.33 bits per heavy atom. The predicted octanol–water partition coefficient (Wildman–Crippen LogP) is 3.20. The van der Waals surface area contributed by atoms with Gasteiger partial charge in [0, 0.05) is 17.7 Å². The van der Waals surface area contributed by atoms with Crippen molar-refractivity contribution in [1.82, 2.24) is 15.5 Å². The summed E-state index contributed by atoms with van der Waals surface area (Å²) in [5.41, 5.74) is 0.575. The van der Waals surface area contributed by atoms with Crippen molar-refractivity contribution in [1.29, 1.82) is 0 Å². The van der Waals surface area contributed by atoms with E-state index in [0.717, 1.165) is 0 Å². The van der Waals surface area contributed by atoms with Gasteiger partial charge in [-0.1, -0.05) is 11.2 Å². The highest BCUT2D eigenvalue weighted by atomic mass is 32.1. The number of carbonyl (C=O) groups is 1. The molecule has 2 aromatic heterocycles. The van der Waals surface area contributed by atoms with Crippen LogP contribution in [0.3, 0.4) is 0 Å². The molecule has 0 bridgehead atoms. The minimum absolute atomic E-state index is 0.0148. The van der Waals surface area contributed by atoms with Crippen molar-refractivity contribution in [2.24, 2.45) is 0 Å². The van der Waals surface area contributed by atoms with Crippen LogP contribution in [0.25, 0.3) is 11.4 Å². The Kier molecular flexibility index (Phi) is 4.34. The fraction of sp³-hybridized carbons (Fsp3) is 0.133. The molecule has 3 rings (SSSR count). The number of aromatic nitrogens is 2. The minimum atomic E-state index is -0.479. The number of amides is 1. The highest BCUT2D eigenvalue weighted by molar-refractivity contribution is 7.12. The lowest BCUT2D eigenvalue weighted by Gasteiger charge is -2.07. The first-order valence-corrected chi connectivity index (χ1v) is 7.85. The molecule has 122 valence electrons. The van der Waals surface area contributed by atoms with Gasteiger partial charge in [-0.15, -0.1) is 11.3 Å². The van der Waals surface area contributed by atoms with E-state index in [9.17, 15) is 14.9 Å². The van der Waals surface area contributed by atoms with Gasteiger partial charge in [-0.2, -0.15) is 4.98 Å². The Morgan fingerprint density at radius 2 is 2.08 bits per heavy atom. The summed E-state index contributed by atoms with van der Waals surface area (Å²) >= 11 is 1.34. The van der Waals surface area contributed by atoms with Crippen LogP contribution >= 0.6 is 11.3 Å². The number of rotatable bonds is 5. The number of carbonyl (C=O) groups excluding carboxylic acids is 1. The lowest BCUT2D eigenvalue weighted by Crippen LogP contribution is -2.26. The van der Waals surface area contributed by atoms with Crippen LogP contribution in [-0.2, 0) is 0 Å². The van der Waals surface area contributed by atoms with Gasteiger partial charge in [-0.3, -0.25) is 14.9 Å². The molecule has 1 atom stereocenters. The third kappa shape index (κ3) is 3.30. The Bertz CT molecular complexity index is 858. The topological polar surface area (TPSA) is 111 Å². The van der Waals surface area contributed by atoms with Crippen LogP contribution in [0.5, 0.6) is 0 Å². The summed E-state index contributed by atoms with van der Waals surface area (Å²) in [5.74, 6) is 0.345. The molecule has 1 N–H and O–H groups in total. The van der Waals surface area contributed by atoms with Gasteiger partial charge in [0.25, 0.3) is 11.6 Å². The van der Waals surface area contributed by atoms with E-state index in [1.54, 1.807) is 31.2 Å². The monoisotopic (exact) mass is 344 g/mol. The average molecular weight is 344 g/mol. The summed E-state index contributed by atoms with van der Waals surface area (Å²) in [4.78, 5) is 27.0. The predicted molar refractivity (Wildman–Crippen MR) is 86.6 cm³/mol. The summed E-state index contributed by atoms with van der Waals surface area (Å²) < 4.78 is 5.17. The van der Waals surface area contributed by atoms with Crippen LogP contribution in [0, 0.1) is 10.1 Å². The summed E-state index contributed by atoms with van der Waals surface area (Å²) in [6, 6.07) is 8.88. The highest BCUT2D eigenvalue weighted by Crippen LogP contribution is 2.22. The van der Waals surface area contributed by atoms with Gasteiger partial charge in [0.05, 0.1) is 9.80 Å². The van der Waals surface area contributed by atoms with Crippen LogP contribution < -0.4 is 5.32 Å². The van der Waals surface area contributed by atoms with E-state index in [2.05, 4.69) is 15.5 Å². The van der Waals surface area contributed by atoms with Crippen LogP contribution in [0.2, 0.25) is 0 Å². The normalized spacial score (nSPS) is 11.9. The fourth-order valence-corrected chi connectivity index (χ4v) is 2.62. The number of non-ortho nitro benzene ring substituents is 1. The largest absolute Gasteiger partial charge is 0.340 e. The molecule has 3 aromatic rings. The molecule has 0 aliphatic rings. The maximum absolute atomic E-state index is 12.0. The molecule has 0 spiro atoms. The zero-order chi connectivity index (χ0) is 17.1. The summed E-state index contributed by atoms with van der Waals surface area (Å²) in [7, 11) is 0. The van der Waals surface area contributed by atoms with Gasteiger partial charge in [-0.05, 0) is 30.5 Å². The van der Waals surface area contributed by atoms with E-state index in [1.165, 1.54) is 23.5 Å². The first-order chi connectivity index (χ1) is 11.5. The number of benzene rings is 1. The Hall–Kier alpha value is -3.07. The lowest BCUT2D eigenvalue weighted by molar-refractivity contribution is -0.384. The molecule has 0 aliphatic heterocycles. The third-order valence-electron chi connectivity index (χ3n) is 3.24. The molecule has 2 heterocycles. The molecule has 0 fully saturated rings. The molecule has 24 heavy (non-hydrogen) atoms. The van der Waals surface area contributed by atoms with E-state index < -0.39 is 11.0 Å². The molecule has 8 nitrogen and oxygen atoms in total. The standard InChI is InChI=1S/C15H12N4O4S/c1-9(16-14(20)12-3-2-8-24-12)15-17-13(18-23-15)10-4-6-11(7-5-10)19(21)22/h2-9H,1H3,(H,16,20).